The molecule has 3 rings (SSSR count). The number of hydrogen-bond acceptors (Lipinski definition) is 7. The summed E-state index contributed by atoms with van der Waals surface area (Å²) in [4.78, 5) is 36.3. The average Bonchev–Trinajstić information content (AvgIpc) is 2.92. The Morgan fingerprint density at radius 2 is 1.88 bits per heavy atom. The zero-order chi connectivity index (χ0) is 29.7. The minimum Gasteiger partial charge on any atom is -0.475 e. The second kappa shape index (κ2) is 16.0. The summed E-state index contributed by atoms with van der Waals surface area (Å²) in [5.74, 6) is -1.09. The molecule has 0 spiro atoms. The number of nitrogens with zero attached hydrogens (tertiary/aromatic N) is 3. The monoisotopic (exact) mass is 584 g/mol. The molecule has 1 aliphatic rings. The third kappa shape index (κ3) is 11.0. The molecule has 0 unspecified atom stereocenters. The first-order chi connectivity index (χ1) is 18.9. The highest BCUT2D eigenvalue weighted by atomic mass is 32.2. The first kappa shape index (κ1) is 32.8. The van der Waals surface area contributed by atoms with E-state index < -0.39 is 12.1 Å². The van der Waals surface area contributed by atoms with Crippen molar-refractivity contribution >= 4 is 35.5 Å². The Bertz CT molecular complexity index is 1120. The Balaban J connectivity index is 0.000000708. The number of carbonyl (C=O) groups is 3. The van der Waals surface area contributed by atoms with E-state index >= 15 is 0 Å². The molecular weight excluding hydrogens is 549 g/mol. The predicted octanol–water partition coefficient (Wildman–Crippen LogP) is 3.65. The molecule has 2 aromatic rings. The lowest BCUT2D eigenvalue weighted by Crippen LogP contribution is -2.54. The zero-order valence-corrected chi connectivity index (χ0v) is 23.4. The van der Waals surface area contributed by atoms with E-state index in [4.69, 9.17) is 9.90 Å². The van der Waals surface area contributed by atoms with Gasteiger partial charge in [0.25, 0.3) is 5.91 Å². The number of carboxylic acids is 1. The molecule has 220 valence electrons. The summed E-state index contributed by atoms with van der Waals surface area (Å²) in [7, 11) is 0. The largest absolute Gasteiger partial charge is 0.490 e. The van der Waals surface area contributed by atoms with Crippen LogP contribution in [0.2, 0.25) is 0 Å². The van der Waals surface area contributed by atoms with E-state index in [-0.39, 0.29) is 18.0 Å². The fraction of sp³-hybridized carbons (Fsp3) is 0.500. The Morgan fingerprint density at radius 3 is 2.48 bits per heavy atom. The maximum Gasteiger partial charge on any atom is 0.490 e. The van der Waals surface area contributed by atoms with Gasteiger partial charge >= 0.3 is 18.2 Å². The van der Waals surface area contributed by atoms with Crippen LogP contribution in [0.4, 0.5) is 23.8 Å². The summed E-state index contributed by atoms with van der Waals surface area (Å²) in [6.45, 7) is 6.92. The Morgan fingerprint density at radius 1 is 1.20 bits per heavy atom. The second-order valence-electron chi connectivity index (χ2n) is 9.35. The number of rotatable bonds is 9. The lowest BCUT2D eigenvalue weighted by molar-refractivity contribution is -0.192. The number of aliphatic carboxylic acids is 1. The minimum atomic E-state index is -5.08. The number of carbonyl (C=O) groups excluding carboxylic acids is 2. The summed E-state index contributed by atoms with van der Waals surface area (Å²) in [5.41, 5.74) is 2.12. The van der Waals surface area contributed by atoms with Crippen molar-refractivity contribution in [1.82, 2.24) is 25.7 Å². The second-order valence-corrected chi connectivity index (χ2v) is 10.3. The van der Waals surface area contributed by atoms with Crippen LogP contribution in [0.5, 0.6) is 0 Å². The third-order valence-electron chi connectivity index (χ3n) is 5.91. The maximum atomic E-state index is 13.2. The predicted molar refractivity (Wildman–Crippen MR) is 148 cm³/mol. The summed E-state index contributed by atoms with van der Waals surface area (Å²) in [6.07, 6.45) is -1.61. The topological polar surface area (TPSA) is 137 Å². The highest BCUT2D eigenvalue weighted by Gasteiger charge is 2.38. The first-order valence-corrected chi connectivity index (χ1v) is 14.1. The van der Waals surface area contributed by atoms with Gasteiger partial charge in [-0.05, 0) is 36.0 Å². The molecular formula is C26H35F3N6O4S. The molecule has 4 N–H and O–H groups in total. The molecule has 1 atom stereocenters. The van der Waals surface area contributed by atoms with Crippen LogP contribution in [0, 0.1) is 5.92 Å². The summed E-state index contributed by atoms with van der Waals surface area (Å²) in [6, 6.07) is 11.6. The van der Waals surface area contributed by atoms with Crippen LogP contribution >= 0.6 is 11.8 Å². The number of thioether (sulfide) groups is 1. The standard InChI is InChI=1S/C24H34N6O2S.C2HF3O2/c1-17(2)21-16-30(12-11-25-21)23(31)20-15-19(14-18-8-5-4-6-9-18)22(29-28-20)27-24(32)26-10-7-13-33-3;3-2(4,5)1(6)7/h4-6,8-9,15,17,21,25H,7,10-14,16H2,1-3H3,(H2,26,27,29,32);(H,6,7)/t21-;/m1./s1. The van der Waals surface area contributed by atoms with Gasteiger partial charge in [0.2, 0.25) is 0 Å². The smallest absolute Gasteiger partial charge is 0.475 e. The summed E-state index contributed by atoms with van der Waals surface area (Å²) < 4.78 is 31.7. The van der Waals surface area contributed by atoms with Crippen molar-refractivity contribution in [3.63, 3.8) is 0 Å². The van der Waals surface area contributed by atoms with Gasteiger partial charge in [-0.25, -0.2) is 9.59 Å². The molecule has 0 aliphatic carbocycles. The van der Waals surface area contributed by atoms with E-state index in [1.165, 1.54) is 0 Å². The van der Waals surface area contributed by atoms with Crippen molar-refractivity contribution in [2.45, 2.75) is 38.9 Å². The lowest BCUT2D eigenvalue weighted by Gasteiger charge is -2.35. The Hall–Kier alpha value is -3.39. The van der Waals surface area contributed by atoms with Crippen molar-refractivity contribution in [3.8, 4) is 0 Å². The van der Waals surface area contributed by atoms with Gasteiger partial charge in [0, 0.05) is 44.2 Å². The molecule has 1 fully saturated rings. The number of aromatic nitrogens is 2. The fourth-order valence-electron chi connectivity index (χ4n) is 3.73. The molecule has 10 nitrogen and oxygen atoms in total. The molecule has 1 aliphatic heterocycles. The number of benzene rings is 1. The first-order valence-electron chi connectivity index (χ1n) is 12.7. The molecule has 3 amide bonds. The highest BCUT2D eigenvalue weighted by molar-refractivity contribution is 7.98. The Kier molecular flexibility index (Phi) is 13.1. The molecule has 1 saturated heterocycles. The SMILES string of the molecule is CSCCCNC(=O)Nc1nnc(C(=O)N2CCN[C@@H](C(C)C)C2)cc1Cc1ccccc1.O=C(O)C(F)(F)F. The van der Waals surface area contributed by atoms with Gasteiger partial charge < -0.3 is 20.6 Å². The van der Waals surface area contributed by atoms with Gasteiger partial charge in [0.05, 0.1) is 0 Å². The van der Waals surface area contributed by atoms with E-state index in [2.05, 4.69) is 40.0 Å². The van der Waals surface area contributed by atoms with Crippen LogP contribution in [0.25, 0.3) is 0 Å². The third-order valence-corrected chi connectivity index (χ3v) is 6.61. The normalized spacial score (nSPS) is 15.2. The number of hydrogen-bond donors (Lipinski definition) is 4. The molecule has 2 heterocycles. The van der Waals surface area contributed by atoms with Crippen LogP contribution in [0.3, 0.4) is 0 Å². The van der Waals surface area contributed by atoms with E-state index in [1.54, 1.807) is 17.8 Å². The molecule has 14 heteroatoms. The Labute approximate surface area is 235 Å². The lowest BCUT2D eigenvalue weighted by atomic mass is 10.0. The van der Waals surface area contributed by atoms with Crippen molar-refractivity contribution in [2.75, 3.05) is 43.5 Å². The van der Waals surface area contributed by atoms with Gasteiger partial charge in [-0.2, -0.15) is 24.9 Å². The average molecular weight is 585 g/mol. The van der Waals surface area contributed by atoms with Gasteiger partial charge in [0.1, 0.15) is 0 Å². The fourth-order valence-corrected chi connectivity index (χ4v) is 4.16. The van der Waals surface area contributed by atoms with Crippen molar-refractivity contribution < 1.29 is 32.7 Å². The quantitative estimate of drug-likeness (QED) is 0.328. The number of halogens is 3. The van der Waals surface area contributed by atoms with Crippen LogP contribution in [0.15, 0.2) is 36.4 Å². The van der Waals surface area contributed by atoms with Gasteiger partial charge in [-0.3, -0.25) is 10.1 Å². The maximum absolute atomic E-state index is 13.2. The summed E-state index contributed by atoms with van der Waals surface area (Å²) in [5, 5.41) is 24.7. The van der Waals surface area contributed by atoms with E-state index in [1.807, 2.05) is 41.5 Å². The van der Waals surface area contributed by atoms with Crippen molar-refractivity contribution in [2.24, 2.45) is 5.92 Å². The van der Waals surface area contributed by atoms with Crippen molar-refractivity contribution in [3.05, 3.63) is 53.2 Å². The number of piperazine rings is 1. The van der Waals surface area contributed by atoms with Crippen LogP contribution in [-0.2, 0) is 11.2 Å². The molecule has 1 aromatic carbocycles. The number of alkyl halides is 3. The van der Waals surface area contributed by atoms with E-state index in [0.29, 0.717) is 43.5 Å². The van der Waals surface area contributed by atoms with E-state index in [0.717, 1.165) is 29.8 Å². The number of urea groups is 1. The number of nitrogens with one attached hydrogen (secondary N) is 3. The van der Waals surface area contributed by atoms with Crippen LogP contribution in [0.1, 0.15) is 41.9 Å². The molecule has 0 saturated carbocycles. The molecule has 1 aromatic heterocycles. The number of anilines is 1. The van der Waals surface area contributed by atoms with Crippen molar-refractivity contribution in [1.29, 1.82) is 0 Å². The molecule has 40 heavy (non-hydrogen) atoms. The van der Waals surface area contributed by atoms with Gasteiger partial charge in [-0.1, -0.05) is 44.2 Å². The van der Waals surface area contributed by atoms with Crippen LogP contribution < -0.4 is 16.0 Å². The van der Waals surface area contributed by atoms with Gasteiger partial charge in [-0.15, -0.1) is 10.2 Å². The van der Waals surface area contributed by atoms with Gasteiger partial charge in [0.15, 0.2) is 11.5 Å². The zero-order valence-electron chi connectivity index (χ0n) is 22.6. The molecule has 0 bridgehead atoms. The highest BCUT2D eigenvalue weighted by Crippen LogP contribution is 2.19. The van der Waals surface area contributed by atoms with Crippen LogP contribution in [-0.4, -0.2) is 88.5 Å². The number of carboxylic acid groups (broad SMARTS) is 1. The number of amides is 3. The summed E-state index contributed by atoms with van der Waals surface area (Å²) >= 11 is 1.74. The van der Waals surface area contributed by atoms with E-state index in [9.17, 15) is 22.8 Å². The minimum absolute atomic E-state index is 0.128. The molecule has 0 radical (unpaired) electrons.